The summed E-state index contributed by atoms with van der Waals surface area (Å²) >= 11 is 0. The van der Waals surface area contributed by atoms with Crippen LogP contribution in [0.4, 0.5) is 13.2 Å². The van der Waals surface area contributed by atoms with Gasteiger partial charge in [0.25, 0.3) is 15.7 Å². The fraction of sp³-hybridized carbons (Fsp3) is 0.533. The monoisotopic (exact) mass is 364 g/mol. The minimum absolute atomic E-state index is 0.169. The van der Waals surface area contributed by atoms with Gasteiger partial charge in [-0.15, -0.1) is 0 Å². The molecule has 1 aliphatic rings. The Morgan fingerprint density at radius 2 is 1.92 bits per heavy atom. The molecule has 0 aliphatic carbocycles. The summed E-state index contributed by atoms with van der Waals surface area (Å²) < 4.78 is 62.0. The number of alkyl halides is 3. The molecule has 1 heterocycles. The summed E-state index contributed by atoms with van der Waals surface area (Å²) in [5, 5.41) is 0. The SMILES string of the molecule is CN1CCCC(N(C)C(=O)c2ccccc2S(=O)(=O)C(F)(F)F)C1. The maximum atomic E-state index is 12.8. The van der Waals surface area contributed by atoms with E-state index in [-0.39, 0.29) is 6.04 Å². The molecular weight excluding hydrogens is 345 g/mol. The Morgan fingerprint density at radius 3 is 2.50 bits per heavy atom. The quantitative estimate of drug-likeness (QED) is 0.825. The lowest BCUT2D eigenvalue weighted by Crippen LogP contribution is -2.47. The number of likely N-dealkylation sites (tertiary alicyclic amines) is 1. The molecule has 1 atom stereocenters. The maximum Gasteiger partial charge on any atom is 0.501 e. The summed E-state index contributed by atoms with van der Waals surface area (Å²) in [7, 11) is -2.20. The number of amides is 1. The molecule has 0 saturated carbocycles. The normalized spacial score (nSPS) is 20.0. The van der Waals surface area contributed by atoms with Gasteiger partial charge in [-0.25, -0.2) is 8.42 Å². The van der Waals surface area contributed by atoms with Crippen LogP contribution < -0.4 is 0 Å². The number of carbonyl (C=O) groups excluding carboxylic acids is 1. The van der Waals surface area contributed by atoms with Crippen LogP contribution in [0.3, 0.4) is 0 Å². The molecule has 2 rings (SSSR count). The Bertz CT molecular complexity index is 719. The van der Waals surface area contributed by atoms with Gasteiger partial charge in [-0.05, 0) is 38.6 Å². The Kier molecular flexibility index (Phi) is 5.24. The molecule has 1 aliphatic heterocycles. The van der Waals surface area contributed by atoms with Crippen LogP contribution in [-0.2, 0) is 9.84 Å². The van der Waals surface area contributed by atoms with Crippen LogP contribution >= 0.6 is 0 Å². The molecule has 0 radical (unpaired) electrons. The number of rotatable bonds is 3. The zero-order valence-electron chi connectivity index (χ0n) is 13.4. The van der Waals surface area contributed by atoms with E-state index >= 15 is 0 Å². The first-order valence-corrected chi connectivity index (χ1v) is 8.90. The molecule has 0 N–H and O–H groups in total. The molecule has 0 spiro atoms. The van der Waals surface area contributed by atoms with Crippen molar-refractivity contribution in [3.8, 4) is 0 Å². The van der Waals surface area contributed by atoms with Gasteiger partial charge >= 0.3 is 5.51 Å². The van der Waals surface area contributed by atoms with Gasteiger partial charge in [0.15, 0.2) is 0 Å². The Morgan fingerprint density at radius 1 is 1.29 bits per heavy atom. The number of benzene rings is 1. The van der Waals surface area contributed by atoms with Crippen LogP contribution in [0.5, 0.6) is 0 Å². The smallest absolute Gasteiger partial charge is 0.337 e. The Hall–Kier alpha value is -1.61. The topological polar surface area (TPSA) is 57.7 Å². The number of carbonyl (C=O) groups is 1. The lowest BCUT2D eigenvalue weighted by atomic mass is 10.0. The second-order valence-electron chi connectivity index (χ2n) is 5.92. The van der Waals surface area contributed by atoms with E-state index in [4.69, 9.17) is 0 Å². The van der Waals surface area contributed by atoms with Crippen LogP contribution in [0.1, 0.15) is 23.2 Å². The molecule has 0 aromatic heterocycles. The molecule has 134 valence electrons. The fourth-order valence-electron chi connectivity index (χ4n) is 2.81. The zero-order valence-corrected chi connectivity index (χ0v) is 14.2. The van der Waals surface area contributed by atoms with Crippen molar-refractivity contribution in [2.45, 2.75) is 29.3 Å². The van der Waals surface area contributed by atoms with Crippen molar-refractivity contribution in [1.29, 1.82) is 0 Å². The standard InChI is InChI=1S/C15H19F3N2O3S/c1-19-9-5-6-11(10-19)20(2)14(21)12-7-3-4-8-13(12)24(22,23)15(16,17)18/h3-4,7-8,11H,5-6,9-10H2,1-2H3. The highest BCUT2D eigenvalue weighted by Crippen LogP contribution is 2.32. The van der Waals surface area contributed by atoms with Gasteiger partial charge < -0.3 is 9.80 Å². The lowest BCUT2D eigenvalue weighted by Gasteiger charge is -2.36. The number of hydrogen-bond donors (Lipinski definition) is 0. The van der Waals surface area contributed by atoms with Gasteiger partial charge in [-0.3, -0.25) is 4.79 Å². The van der Waals surface area contributed by atoms with Crippen molar-refractivity contribution >= 4 is 15.7 Å². The summed E-state index contributed by atoms with van der Waals surface area (Å²) in [4.78, 5) is 15.0. The van der Waals surface area contributed by atoms with Crippen LogP contribution in [0.2, 0.25) is 0 Å². The minimum atomic E-state index is -5.59. The van der Waals surface area contributed by atoms with Crippen molar-refractivity contribution < 1.29 is 26.4 Å². The third-order valence-electron chi connectivity index (χ3n) is 4.18. The third-order valence-corrected chi connectivity index (χ3v) is 5.72. The first-order valence-electron chi connectivity index (χ1n) is 7.42. The van der Waals surface area contributed by atoms with E-state index in [1.54, 1.807) is 0 Å². The summed E-state index contributed by atoms with van der Waals surface area (Å²) in [6.07, 6.45) is 1.59. The predicted octanol–water partition coefficient (Wildman–Crippen LogP) is 2.15. The highest BCUT2D eigenvalue weighted by Gasteiger charge is 2.48. The van der Waals surface area contributed by atoms with E-state index in [1.165, 1.54) is 24.1 Å². The molecule has 5 nitrogen and oxygen atoms in total. The predicted molar refractivity (Wildman–Crippen MR) is 82.3 cm³/mol. The largest absolute Gasteiger partial charge is 0.501 e. The molecule has 0 bridgehead atoms. The van der Waals surface area contributed by atoms with E-state index < -0.39 is 31.7 Å². The number of sulfone groups is 1. The second kappa shape index (κ2) is 6.72. The van der Waals surface area contributed by atoms with Gasteiger partial charge in [0.05, 0.1) is 10.5 Å². The van der Waals surface area contributed by atoms with E-state index in [2.05, 4.69) is 0 Å². The third kappa shape index (κ3) is 3.56. The van der Waals surface area contributed by atoms with Crippen molar-refractivity contribution in [3.05, 3.63) is 29.8 Å². The van der Waals surface area contributed by atoms with E-state index in [1.807, 2.05) is 11.9 Å². The molecule has 24 heavy (non-hydrogen) atoms. The molecular formula is C15H19F3N2O3S. The average molecular weight is 364 g/mol. The highest BCUT2D eigenvalue weighted by atomic mass is 32.2. The van der Waals surface area contributed by atoms with Crippen LogP contribution in [-0.4, -0.2) is 62.9 Å². The van der Waals surface area contributed by atoms with E-state index in [9.17, 15) is 26.4 Å². The Labute approximate surface area is 139 Å². The summed E-state index contributed by atoms with van der Waals surface area (Å²) in [6, 6.07) is 4.28. The molecule has 1 amide bonds. The van der Waals surface area contributed by atoms with Crippen LogP contribution in [0.15, 0.2) is 29.2 Å². The fourth-order valence-corrected chi connectivity index (χ4v) is 3.77. The van der Waals surface area contributed by atoms with Gasteiger partial charge in [0.1, 0.15) is 0 Å². The summed E-state index contributed by atoms with van der Waals surface area (Å²) in [6.45, 7) is 1.48. The number of nitrogens with zero attached hydrogens (tertiary/aromatic N) is 2. The molecule has 1 aromatic rings. The molecule has 1 aromatic carbocycles. The van der Waals surface area contributed by atoms with Gasteiger partial charge in [-0.1, -0.05) is 12.1 Å². The van der Waals surface area contributed by atoms with Gasteiger partial charge in [-0.2, -0.15) is 13.2 Å². The second-order valence-corrected chi connectivity index (χ2v) is 7.83. The van der Waals surface area contributed by atoms with E-state index in [0.29, 0.717) is 6.54 Å². The van der Waals surface area contributed by atoms with Crippen LogP contribution in [0, 0.1) is 0 Å². The number of halogens is 3. The highest BCUT2D eigenvalue weighted by molar-refractivity contribution is 7.92. The first-order chi connectivity index (χ1) is 11.1. The lowest BCUT2D eigenvalue weighted by molar-refractivity contribution is -0.0436. The van der Waals surface area contributed by atoms with Crippen molar-refractivity contribution in [3.63, 3.8) is 0 Å². The Balaban J connectivity index is 2.37. The number of piperidine rings is 1. The first kappa shape index (κ1) is 18.7. The average Bonchev–Trinajstić information content (AvgIpc) is 2.52. The summed E-state index contributed by atoms with van der Waals surface area (Å²) in [5.41, 5.74) is -5.90. The van der Waals surface area contributed by atoms with Crippen LogP contribution in [0.25, 0.3) is 0 Å². The number of hydrogen-bond acceptors (Lipinski definition) is 4. The van der Waals surface area contributed by atoms with Gasteiger partial charge in [0, 0.05) is 19.6 Å². The molecule has 1 unspecified atom stereocenters. The van der Waals surface area contributed by atoms with Crippen molar-refractivity contribution in [1.82, 2.24) is 9.80 Å². The minimum Gasteiger partial charge on any atom is -0.337 e. The van der Waals surface area contributed by atoms with Gasteiger partial charge in [0.2, 0.25) is 0 Å². The van der Waals surface area contributed by atoms with E-state index in [0.717, 1.165) is 31.5 Å². The molecule has 1 saturated heterocycles. The van der Waals surface area contributed by atoms with Crippen molar-refractivity contribution in [2.24, 2.45) is 0 Å². The maximum absolute atomic E-state index is 12.8. The molecule has 9 heteroatoms. The van der Waals surface area contributed by atoms with Crippen molar-refractivity contribution in [2.75, 3.05) is 27.2 Å². The zero-order chi connectivity index (χ0) is 18.1. The number of likely N-dealkylation sites (N-methyl/N-ethyl adjacent to an activating group) is 2. The summed E-state index contributed by atoms with van der Waals surface area (Å²) in [5.74, 6) is -0.723. The molecule has 1 fully saturated rings.